The minimum Gasteiger partial charge on any atom is -0.368 e. The molecule has 0 saturated heterocycles. The molecule has 0 fully saturated rings. The van der Waals surface area contributed by atoms with E-state index in [1.807, 2.05) is 49.0 Å². The number of allylic oxidation sites excluding steroid dienone is 4. The molecule has 1 aliphatic rings. The van der Waals surface area contributed by atoms with E-state index in [4.69, 9.17) is 5.73 Å². The van der Waals surface area contributed by atoms with Crippen molar-refractivity contribution < 1.29 is 0 Å². The summed E-state index contributed by atoms with van der Waals surface area (Å²) in [6, 6.07) is 8.29. The van der Waals surface area contributed by atoms with E-state index >= 15 is 0 Å². The highest BCUT2D eigenvalue weighted by atomic mass is 14.8. The van der Waals surface area contributed by atoms with Gasteiger partial charge in [0.05, 0.1) is 0 Å². The van der Waals surface area contributed by atoms with E-state index in [1.54, 1.807) is 0 Å². The third-order valence-electron chi connectivity index (χ3n) is 2.81. The van der Waals surface area contributed by atoms with Gasteiger partial charge in [0.1, 0.15) is 0 Å². The molecule has 0 radical (unpaired) electrons. The van der Waals surface area contributed by atoms with E-state index in [0.717, 1.165) is 6.42 Å². The first-order valence-corrected chi connectivity index (χ1v) is 6.41. The van der Waals surface area contributed by atoms with Crippen molar-refractivity contribution in [2.45, 2.75) is 6.42 Å². The van der Waals surface area contributed by atoms with Gasteiger partial charge in [-0.15, -0.1) is 0 Å². The van der Waals surface area contributed by atoms with Crippen molar-refractivity contribution in [3.8, 4) is 0 Å². The summed E-state index contributed by atoms with van der Waals surface area (Å²) in [6.07, 6.45) is 14.6. The van der Waals surface area contributed by atoms with Gasteiger partial charge in [0, 0.05) is 29.5 Å². The van der Waals surface area contributed by atoms with Crippen molar-refractivity contribution in [2.75, 3.05) is 6.54 Å². The molecule has 0 saturated carbocycles. The average molecular weight is 253 g/mol. The van der Waals surface area contributed by atoms with Gasteiger partial charge in [-0.05, 0) is 36.7 Å². The van der Waals surface area contributed by atoms with Crippen LogP contribution in [0.4, 0.5) is 0 Å². The molecule has 0 bridgehead atoms. The van der Waals surface area contributed by atoms with Crippen LogP contribution in [0, 0.1) is 0 Å². The molecule has 4 N–H and O–H groups in total. The van der Waals surface area contributed by atoms with Crippen LogP contribution in [0.5, 0.6) is 0 Å². The quantitative estimate of drug-likeness (QED) is 0.771. The van der Waals surface area contributed by atoms with Crippen LogP contribution in [0.15, 0.2) is 67.2 Å². The number of nitrogens with two attached hydrogens (primary N) is 1. The van der Waals surface area contributed by atoms with Crippen LogP contribution in [0.1, 0.15) is 5.56 Å². The van der Waals surface area contributed by atoms with Crippen LogP contribution in [0.2, 0.25) is 0 Å². The van der Waals surface area contributed by atoms with E-state index in [0.29, 0.717) is 6.54 Å². The molecule has 98 valence electrons. The summed E-state index contributed by atoms with van der Waals surface area (Å²) in [7, 11) is 0. The van der Waals surface area contributed by atoms with Crippen molar-refractivity contribution >= 4 is 10.9 Å². The smallest absolute Gasteiger partial charge is 0.0456 e. The van der Waals surface area contributed by atoms with Crippen LogP contribution in [-0.2, 0) is 6.42 Å². The Morgan fingerprint density at radius 3 is 2.42 bits per heavy atom. The molecular weight excluding hydrogens is 234 g/mol. The normalized spacial score (nSPS) is 12.7. The highest BCUT2D eigenvalue weighted by Crippen LogP contribution is 2.17. The number of hydrogen-bond acceptors (Lipinski definition) is 2. The number of H-pyrrole nitrogens is 1. The summed E-state index contributed by atoms with van der Waals surface area (Å²) in [5, 5.41) is 4.22. The second-order valence-corrected chi connectivity index (χ2v) is 4.17. The van der Waals surface area contributed by atoms with Gasteiger partial charge in [-0.3, -0.25) is 0 Å². The Hall–Kier alpha value is -2.26. The van der Waals surface area contributed by atoms with E-state index < -0.39 is 0 Å². The first-order valence-electron chi connectivity index (χ1n) is 6.41. The van der Waals surface area contributed by atoms with Crippen molar-refractivity contribution in [1.82, 2.24) is 10.3 Å². The molecule has 3 nitrogen and oxygen atoms in total. The number of aromatic nitrogens is 1. The SMILES string of the molecule is C1=CC=CNC=C1.NCCc1c[nH]c2ccccc12. The lowest BCUT2D eigenvalue weighted by Gasteiger charge is -1.93. The predicted octanol–water partition coefficient (Wildman–Crippen LogP) is 2.84. The largest absolute Gasteiger partial charge is 0.368 e. The number of hydrogen-bond donors (Lipinski definition) is 3. The molecule has 1 aromatic carbocycles. The minimum absolute atomic E-state index is 0.710. The Kier molecular flexibility index (Phi) is 5.02. The van der Waals surface area contributed by atoms with Gasteiger partial charge in [-0.2, -0.15) is 0 Å². The molecule has 1 aliphatic heterocycles. The van der Waals surface area contributed by atoms with Crippen LogP contribution in [0.25, 0.3) is 10.9 Å². The van der Waals surface area contributed by atoms with E-state index in [2.05, 4.69) is 28.5 Å². The number of rotatable bonds is 2. The van der Waals surface area contributed by atoms with Gasteiger partial charge in [0.25, 0.3) is 0 Å². The van der Waals surface area contributed by atoms with E-state index in [1.165, 1.54) is 16.5 Å². The molecule has 0 aliphatic carbocycles. The van der Waals surface area contributed by atoms with Crippen molar-refractivity contribution in [1.29, 1.82) is 0 Å². The molecule has 19 heavy (non-hydrogen) atoms. The summed E-state index contributed by atoms with van der Waals surface area (Å²) in [5.41, 5.74) is 8.01. The molecule has 1 aromatic heterocycles. The first kappa shape index (κ1) is 13.2. The van der Waals surface area contributed by atoms with Gasteiger partial charge < -0.3 is 16.0 Å². The van der Waals surface area contributed by atoms with Gasteiger partial charge >= 0.3 is 0 Å². The maximum absolute atomic E-state index is 5.50. The third kappa shape index (κ3) is 3.86. The summed E-state index contributed by atoms with van der Waals surface area (Å²) >= 11 is 0. The lowest BCUT2D eigenvalue weighted by molar-refractivity contribution is 0.976. The zero-order chi connectivity index (χ0) is 13.3. The Labute approximate surface area is 113 Å². The molecule has 0 amide bonds. The van der Waals surface area contributed by atoms with Gasteiger partial charge in [-0.1, -0.05) is 30.4 Å². The van der Waals surface area contributed by atoms with E-state index in [-0.39, 0.29) is 0 Å². The number of aromatic amines is 1. The van der Waals surface area contributed by atoms with Crippen molar-refractivity contribution in [3.05, 3.63) is 72.7 Å². The fraction of sp³-hybridized carbons (Fsp3) is 0.125. The Bertz CT molecular complexity index is 577. The standard InChI is InChI=1S/C10H12N2.C6H7N/c11-6-5-8-7-12-10-4-2-1-3-9(8)10;1-2-4-6-7-5-3-1/h1-4,7,12H,5-6,11H2;1-7H. The maximum Gasteiger partial charge on any atom is 0.0456 e. The van der Waals surface area contributed by atoms with E-state index in [9.17, 15) is 0 Å². The molecule has 3 heteroatoms. The maximum atomic E-state index is 5.50. The molecule has 2 heterocycles. The average Bonchev–Trinajstić information content (AvgIpc) is 2.68. The second-order valence-electron chi connectivity index (χ2n) is 4.17. The van der Waals surface area contributed by atoms with Gasteiger partial charge in [-0.25, -0.2) is 0 Å². The lowest BCUT2D eigenvalue weighted by Crippen LogP contribution is -2.01. The fourth-order valence-electron chi connectivity index (χ4n) is 1.90. The van der Waals surface area contributed by atoms with Crippen molar-refractivity contribution in [3.63, 3.8) is 0 Å². The number of nitrogens with one attached hydrogen (secondary N) is 2. The molecular formula is C16H19N3. The van der Waals surface area contributed by atoms with Gasteiger partial charge in [0.15, 0.2) is 0 Å². The Balaban J connectivity index is 0.000000163. The molecule has 3 rings (SSSR count). The van der Waals surface area contributed by atoms with Crippen LogP contribution < -0.4 is 11.1 Å². The highest BCUT2D eigenvalue weighted by Gasteiger charge is 1.99. The minimum atomic E-state index is 0.710. The topological polar surface area (TPSA) is 53.8 Å². The third-order valence-corrected chi connectivity index (χ3v) is 2.81. The van der Waals surface area contributed by atoms with Crippen LogP contribution >= 0.6 is 0 Å². The first-order chi connectivity index (χ1) is 9.42. The lowest BCUT2D eigenvalue weighted by atomic mass is 10.1. The monoisotopic (exact) mass is 253 g/mol. The summed E-state index contributed by atoms with van der Waals surface area (Å²) in [6.45, 7) is 0.710. The summed E-state index contributed by atoms with van der Waals surface area (Å²) in [5.74, 6) is 0. The summed E-state index contributed by atoms with van der Waals surface area (Å²) < 4.78 is 0. The fourth-order valence-corrected chi connectivity index (χ4v) is 1.90. The predicted molar refractivity (Wildman–Crippen MR) is 81.6 cm³/mol. The highest BCUT2D eigenvalue weighted by molar-refractivity contribution is 5.83. The molecule has 0 unspecified atom stereocenters. The van der Waals surface area contributed by atoms with Crippen LogP contribution in [0.3, 0.4) is 0 Å². The zero-order valence-electron chi connectivity index (χ0n) is 10.8. The zero-order valence-corrected chi connectivity index (χ0v) is 10.8. The van der Waals surface area contributed by atoms with Crippen LogP contribution in [-0.4, -0.2) is 11.5 Å². The second kappa shape index (κ2) is 7.24. The molecule has 0 atom stereocenters. The Morgan fingerprint density at radius 2 is 1.68 bits per heavy atom. The van der Waals surface area contributed by atoms with Gasteiger partial charge in [0.2, 0.25) is 0 Å². The number of para-hydroxylation sites is 1. The molecule has 0 spiro atoms. The van der Waals surface area contributed by atoms with Crippen molar-refractivity contribution in [2.24, 2.45) is 5.73 Å². The number of benzene rings is 1. The Morgan fingerprint density at radius 1 is 0.947 bits per heavy atom. The summed E-state index contributed by atoms with van der Waals surface area (Å²) in [4.78, 5) is 3.22. The number of fused-ring (bicyclic) bond motifs is 1. The molecule has 2 aromatic rings.